The van der Waals surface area contributed by atoms with Crippen molar-refractivity contribution in [3.05, 3.63) is 95.6 Å². The van der Waals surface area contributed by atoms with E-state index in [0.717, 1.165) is 37.7 Å². The van der Waals surface area contributed by atoms with Crippen LogP contribution >= 0.6 is 0 Å². The molecule has 1 unspecified atom stereocenters. The van der Waals surface area contributed by atoms with Crippen LogP contribution in [0.1, 0.15) is 60.8 Å². The van der Waals surface area contributed by atoms with Gasteiger partial charge in [-0.3, -0.25) is 0 Å². The van der Waals surface area contributed by atoms with E-state index in [0.29, 0.717) is 0 Å². The van der Waals surface area contributed by atoms with Gasteiger partial charge in [-0.25, -0.2) is 4.79 Å². The third kappa shape index (κ3) is 3.80. The van der Waals surface area contributed by atoms with Gasteiger partial charge in [0.15, 0.2) is 0 Å². The minimum absolute atomic E-state index is 0.0227. The second-order valence-corrected chi connectivity index (χ2v) is 8.98. The number of carbonyl (C=O) groups excluding carboxylic acids is 1. The monoisotopic (exact) mass is 427 g/mol. The van der Waals surface area contributed by atoms with Crippen molar-refractivity contribution in [3.8, 4) is 11.1 Å². The molecule has 1 amide bonds. The molecule has 1 fully saturated rings. The van der Waals surface area contributed by atoms with Gasteiger partial charge in [0, 0.05) is 5.92 Å². The lowest BCUT2D eigenvalue weighted by Crippen LogP contribution is -2.54. The maximum absolute atomic E-state index is 13.0. The van der Waals surface area contributed by atoms with E-state index >= 15 is 0 Å². The molecule has 1 saturated carbocycles. The predicted molar refractivity (Wildman–Crippen MR) is 125 cm³/mol. The molecule has 0 radical (unpaired) electrons. The molecule has 0 bridgehead atoms. The number of aliphatic hydroxyl groups excluding tert-OH is 1. The van der Waals surface area contributed by atoms with E-state index in [1.807, 2.05) is 54.6 Å². The van der Waals surface area contributed by atoms with Gasteiger partial charge in [0.1, 0.15) is 12.7 Å². The molecule has 2 N–H and O–H groups in total. The normalized spacial score (nSPS) is 17.8. The van der Waals surface area contributed by atoms with Crippen LogP contribution in [0.4, 0.5) is 4.79 Å². The minimum Gasteiger partial charge on any atom is -0.449 e. The first kappa shape index (κ1) is 20.8. The van der Waals surface area contributed by atoms with Crippen LogP contribution in [-0.4, -0.2) is 23.3 Å². The Morgan fingerprint density at radius 1 is 0.875 bits per heavy atom. The van der Waals surface area contributed by atoms with Gasteiger partial charge in [-0.15, -0.1) is 0 Å². The number of benzene rings is 3. The Hall–Kier alpha value is -3.11. The molecule has 0 saturated heterocycles. The summed E-state index contributed by atoms with van der Waals surface area (Å²) in [5.41, 5.74) is 4.94. The average Bonchev–Trinajstić information content (AvgIpc) is 3.17. The topological polar surface area (TPSA) is 58.6 Å². The van der Waals surface area contributed by atoms with Crippen molar-refractivity contribution < 1.29 is 14.6 Å². The van der Waals surface area contributed by atoms with E-state index in [9.17, 15) is 9.90 Å². The smallest absolute Gasteiger partial charge is 0.407 e. The fourth-order valence-electron chi connectivity index (χ4n) is 5.44. The van der Waals surface area contributed by atoms with Crippen molar-refractivity contribution in [1.29, 1.82) is 0 Å². The van der Waals surface area contributed by atoms with Crippen LogP contribution in [-0.2, 0) is 4.74 Å². The summed E-state index contributed by atoms with van der Waals surface area (Å²) < 4.78 is 5.79. The lowest BCUT2D eigenvalue weighted by Gasteiger charge is -2.41. The molecule has 1 atom stereocenters. The Morgan fingerprint density at radius 2 is 1.44 bits per heavy atom. The number of fused-ring (bicyclic) bond motifs is 3. The van der Waals surface area contributed by atoms with Gasteiger partial charge >= 0.3 is 6.09 Å². The summed E-state index contributed by atoms with van der Waals surface area (Å²) in [6.07, 6.45) is 3.35. The van der Waals surface area contributed by atoms with Crippen LogP contribution in [0.3, 0.4) is 0 Å². The summed E-state index contributed by atoms with van der Waals surface area (Å²) in [5.74, 6) is 0.0227. The van der Waals surface area contributed by atoms with Gasteiger partial charge in [-0.2, -0.15) is 0 Å². The van der Waals surface area contributed by atoms with Gasteiger partial charge in [-0.1, -0.05) is 98.1 Å². The molecule has 0 aliphatic heterocycles. The van der Waals surface area contributed by atoms with E-state index in [4.69, 9.17) is 4.74 Å². The zero-order chi connectivity index (χ0) is 22.0. The molecule has 3 aromatic rings. The summed E-state index contributed by atoms with van der Waals surface area (Å²) >= 11 is 0. The number of rotatable bonds is 5. The number of hydrogen-bond acceptors (Lipinski definition) is 3. The van der Waals surface area contributed by atoms with Crippen molar-refractivity contribution in [2.45, 2.75) is 49.7 Å². The molecule has 2 aliphatic carbocycles. The Kier molecular flexibility index (Phi) is 5.71. The highest BCUT2D eigenvalue weighted by Crippen LogP contribution is 2.44. The SMILES string of the molecule is O=C(NC1(C(O)c2ccccc2)CCCCC1)OCC1c2ccccc2-c2ccccc21. The summed E-state index contributed by atoms with van der Waals surface area (Å²) in [6, 6.07) is 26.2. The van der Waals surface area contributed by atoms with Crippen LogP contribution in [0.5, 0.6) is 0 Å². The molecule has 0 heterocycles. The van der Waals surface area contributed by atoms with Gasteiger partial charge < -0.3 is 15.2 Å². The van der Waals surface area contributed by atoms with Gasteiger partial charge in [0.2, 0.25) is 0 Å². The van der Waals surface area contributed by atoms with Crippen LogP contribution in [0.2, 0.25) is 0 Å². The standard InChI is InChI=1S/C28H29NO3/c30-26(20-11-3-1-4-12-20)28(17-9-2-10-18-28)29-27(31)32-19-25-23-15-7-5-13-21(23)22-14-6-8-16-24(22)25/h1,3-8,11-16,25-26,30H,2,9-10,17-19H2,(H,29,31). The van der Waals surface area contributed by atoms with E-state index in [1.165, 1.54) is 22.3 Å². The number of amides is 1. The lowest BCUT2D eigenvalue weighted by atomic mass is 9.75. The average molecular weight is 428 g/mol. The second-order valence-electron chi connectivity index (χ2n) is 8.98. The van der Waals surface area contributed by atoms with Crippen molar-refractivity contribution in [1.82, 2.24) is 5.32 Å². The first-order chi connectivity index (χ1) is 15.7. The third-order valence-corrected chi connectivity index (χ3v) is 7.08. The molecule has 5 rings (SSSR count). The number of aliphatic hydroxyl groups is 1. The first-order valence-electron chi connectivity index (χ1n) is 11.5. The summed E-state index contributed by atoms with van der Waals surface area (Å²) in [4.78, 5) is 13.0. The van der Waals surface area contributed by atoms with Crippen LogP contribution in [0.15, 0.2) is 78.9 Å². The first-order valence-corrected chi connectivity index (χ1v) is 11.5. The van der Waals surface area contributed by atoms with Gasteiger partial charge in [-0.05, 0) is 40.7 Å². The molecule has 2 aliphatic rings. The molecular weight excluding hydrogens is 398 g/mol. The minimum atomic E-state index is -0.760. The molecule has 4 heteroatoms. The molecule has 4 nitrogen and oxygen atoms in total. The highest BCUT2D eigenvalue weighted by Gasteiger charge is 2.42. The fourth-order valence-corrected chi connectivity index (χ4v) is 5.44. The quantitative estimate of drug-likeness (QED) is 0.528. The Bertz CT molecular complexity index is 1040. The molecule has 0 aromatic heterocycles. The summed E-state index contributed by atoms with van der Waals surface area (Å²) in [6.45, 7) is 0.275. The van der Waals surface area contributed by atoms with Crippen LogP contribution < -0.4 is 5.32 Å². The number of carbonyl (C=O) groups is 1. The number of alkyl carbamates (subject to hydrolysis) is 1. The van der Waals surface area contributed by atoms with E-state index in [2.05, 4.69) is 29.6 Å². The van der Waals surface area contributed by atoms with Crippen molar-refractivity contribution in [2.75, 3.05) is 6.61 Å². The van der Waals surface area contributed by atoms with E-state index in [-0.39, 0.29) is 12.5 Å². The fraction of sp³-hybridized carbons (Fsp3) is 0.321. The Labute approximate surface area is 189 Å². The van der Waals surface area contributed by atoms with Crippen LogP contribution in [0.25, 0.3) is 11.1 Å². The summed E-state index contributed by atoms with van der Waals surface area (Å²) in [7, 11) is 0. The molecule has 164 valence electrons. The van der Waals surface area contributed by atoms with Crippen molar-refractivity contribution >= 4 is 6.09 Å². The largest absolute Gasteiger partial charge is 0.449 e. The molecular formula is C28H29NO3. The van der Waals surface area contributed by atoms with E-state index in [1.54, 1.807) is 0 Å². The third-order valence-electron chi connectivity index (χ3n) is 7.08. The van der Waals surface area contributed by atoms with Gasteiger partial charge in [0.05, 0.1) is 5.54 Å². The number of hydrogen-bond donors (Lipinski definition) is 2. The Balaban J connectivity index is 1.33. The highest BCUT2D eigenvalue weighted by atomic mass is 16.5. The maximum Gasteiger partial charge on any atom is 0.407 e. The number of nitrogens with one attached hydrogen (secondary N) is 1. The second kappa shape index (κ2) is 8.79. The number of ether oxygens (including phenoxy) is 1. The van der Waals surface area contributed by atoms with Crippen molar-refractivity contribution in [2.24, 2.45) is 0 Å². The molecule has 3 aromatic carbocycles. The molecule has 32 heavy (non-hydrogen) atoms. The van der Waals surface area contributed by atoms with Crippen molar-refractivity contribution in [3.63, 3.8) is 0 Å². The maximum atomic E-state index is 13.0. The van der Waals surface area contributed by atoms with E-state index < -0.39 is 17.7 Å². The molecule has 0 spiro atoms. The van der Waals surface area contributed by atoms with Crippen LogP contribution in [0, 0.1) is 0 Å². The highest BCUT2D eigenvalue weighted by molar-refractivity contribution is 5.79. The summed E-state index contributed by atoms with van der Waals surface area (Å²) in [5, 5.41) is 14.3. The predicted octanol–water partition coefficient (Wildman–Crippen LogP) is 5.96. The lowest BCUT2D eigenvalue weighted by molar-refractivity contribution is 0.0274. The zero-order valence-electron chi connectivity index (χ0n) is 18.2. The Morgan fingerprint density at radius 3 is 2.06 bits per heavy atom. The zero-order valence-corrected chi connectivity index (χ0v) is 18.2. The van der Waals surface area contributed by atoms with Gasteiger partial charge in [0.25, 0.3) is 0 Å².